The van der Waals surface area contributed by atoms with Crippen LogP contribution in [0.4, 0.5) is 0 Å². The average molecular weight is 200 g/mol. The average Bonchev–Trinajstić information content (AvgIpc) is 2.64. The molecule has 0 amide bonds. The van der Waals surface area contributed by atoms with E-state index in [2.05, 4.69) is 17.3 Å². The van der Waals surface area contributed by atoms with Crippen molar-refractivity contribution in [2.45, 2.75) is 44.8 Å². The van der Waals surface area contributed by atoms with E-state index in [-0.39, 0.29) is 6.10 Å². The largest absolute Gasteiger partial charge is 0.392 e. The van der Waals surface area contributed by atoms with Crippen molar-refractivity contribution in [2.75, 3.05) is 26.7 Å². The zero-order valence-electron chi connectivity index (χ0n) is 9.50. The zero-order valence-corrected chi connectivity index (χ0v) is 9.50. The lowest BCUT2D eigenvalue weighted by Gasteiger charge is -2.24. The quantitative estimate of drug-likeness (QED) is 0.623. The normalized spacial score (nSPS) is 20.6. The van der Waals surface area contributed by atoms with Gasteiger partial charge in [-0.25, -0.2) is 0 Å². The van der Waals surface area contributed by atoms with E-state index in [1.807, 2.05) is 6.92 Å². The second-order valence-corrected chi connectivity index (χ2v) is 4.47. The fourth-order valence-corrected chi connectivity index (χ4v) is 2.09. The number of nitrogens with zero attached hydrogens (tertiary/aromatic N) is 1. The summed E-state index contributed by atoms with van der Waals surface area (Å²) in [5.74, 6) is 0. The molecule has 1 fully saturated rings. The van der Waals surface area contributed by atoms with Gasteiger partial charge in [0.05, 0.1) is 6.10 Å². The molecule has 1 atom stereocenters. The van der Waals surface area contributed by atoms with Crippen LogP contribution in [0, 0.1) is 0 Å². The van der Waals surface area contributed by atoms with E-state index >= 15 is 0 Å². The lowest BCUT2D eigenvalue weighted by Crippen LogP contribution is -2.37. The molecule has 1 rings (SSSR count). The Morgan fingerprint density at radius 3 is 2.64 bits per heavy atom. The zero-order chi connectivity index (χ0) is 10.4. The van der Waals surface area contributed by atoms with E-state index in [9.17, 15) is 0 Å². The van der Waals surface area contributed by atoms with Crippen LogP contribution in [0.15, 0.2) is 0 Å². The van der Waals surface area contributed by atoms with Gasteiger partial charge < -0.3 is 15.3 Å². The summed E-state index contributed by atoms with van der Waals surface area (Å²) in [6.07, 6.45) is 5.30. The molecule has 0 aliphatic heterocycles. The summed E-state index contributed by atoms with van der Waals surface area (Å²) >= 11 is 0. The van der Waals surface area contributed by atoms with Crippen LogP contribution in [-0.2, 0) is 0 Å². The molecule has 0 aromatic rings. The Morgan fingerprint density at radius 2 is 2.07 bits per heavy atom. The number of likely N-dealkylation sites (N-methyl/N-ethyl adjacent to an activating group) is 1. The van der Waals surface area contributed by atoms with Gasteiger partial charge in [0.25, 0.3) is 0 Å². The molecule has 1 aliphatic carbocycles. The predicted molar refractivity (Wildman–Crippen MR) is 59.4 cm³/mol. The van der Waals surface area contributed by atoms with Crippen LogP contribution in [0.5, 0.6) is 0 Å². The maximum Gasteiger partial charge on any atom is 0.0636 e. The second-order valence-electron chi connectivity index (χ2n) is 4.47. The van der Waals surface area contributed by atoms with E-state index < -0.39 is 0 Å². The third kappa shape index (κ3) is 4.40. The highest BCUT2D eigenvalue weighted by Crippen LogP contribution is 2.21. The van der Waals surface area contributed by atoms with Gasteiger partial charge in [0.15, 0.2) is 0 Å². The monoisotopic (exact) mass is 200 g/mol. The predicted octanol–water partition coefficient (Wildman–Crippen LogP) is 0.831. The van der Waals surface area contributed by atoms with Gasteiger partial charge in [-0.3, -0.25) is 0 Å². The fourth-order valence-electron chi connectivity index (χ4n) is 2.09. The van der Waals surface area contributed by atoms with Crippen LogP contribution in [0.25, 0.3) is 0 Å². The van der Waals surface area contributed by atoms with Crippen molar-refractivity contribution in [1.82, 2.24) is 10.2 Å². The van der Waals surface area contributed by atoms with Gasteiger partial charge in [0.1, 0.15) is 0 Å². The van der Waals surface area contributed by atoms with E-state index in [0.717, 1.165) is 19.1 Å². The van der Waals surface area contributed by atoms with Crippen LogP contribution in [0.3, 0.4) is 0 Å². The topological polar surface area (TPSA) is 35.5 Å². The maximum absolute atomic E-state index is 9.05. The van der Waals surface area contributed by atoms with Crippen LogP contribution in [-0.4, -0.2) is 48.8 Å². The molecular weight excluding hydrogens is 176 g/mol. The molecule has 0 bridgehead atoms. The van der Waals surface area contributed by atoms with Crippen molar-refractivity contribution in [1.29, 1.82) is 0 Å². The van der Waals surface area contributed by atoms with E-state index in [0.29, 0.717) is 6.54 Å². The Kier molecular flexibility index (Phi) is 5.45. The van der Waals surface area contributed by atoms with Crippen LogP contribution < -0.4 is 5.32 Å². The number of aliphatic hydroxyl groups excluding tert-OH is 1. The molecule has 2 N–H and O–H groups in total. The number of hydrogen-bond acceptors (Lipinski definition) is 3. The fraction of sp³-hybridized carbons (Fsp3) is 1.00. The summed E-state index contributed by atoms with van der Waals surface area (Å²) in [6.45, 7) is 4.60. The maximum atomic E-state index is 9.05. The van der Waals surface area contributed by atoms with Gasteiger partial charge in [-0.1, -0.05) is 12.8 Å². The van der Waals surface area contributed by atoms with Gasteiger partial charge in [0.2, 0.25) is 0 Å². The minimum Gasteiger partial charge on any atom is -0.392 e. The van der Waals surface area contributed by atoms with Gasteiger partial charge in [-0.15, -0.1) is 0 Å². The van der Waals surface area contributed by atoms with Crippen molar-refractivity contribution >= 4 is 0 Å². The van der Waals surface area contributed by atoms with Gasteiger partial charge in [0, 0.05) is 25.7 Å². The molecule has 0 saturated heterocycles. The number of aliphatic hydroxyl groups is 1. The Hall–Kier alpha value is -0.120. The number of nitrogens with one attached hydrogen (secondary N) is 1. The molecule has 84 valence electrons. The molecule has 3 nitrogen and oxygen atoms in total. The summed E-state index contributed by atoms with van der Waals surface area (Å²) in [5, 5.41) is 12.3. The van der Waals surface area contributed by atoms with E-state index in [1.165, 1.54) is 25.7 Å². The highest BCUT2D eigenvalue weighted by atomic mass is 16.3. The Balaban J connectivity index is 1.99. The van der Waals surface area contributed by atoms with Crippen molar-refractivity contribution in [2.24, 2.45) is 0 Å². The molecule has 14 heavy (non-hydrogen) atoms. The highest BCUT2D eigenvalue weighted by molar-refractivity contribution is 4.75. The molecule has 3 heteroatoms. The molecule has 1 aliphatic rings. The Labute approximate surface area is 87.5 Å². The summed E-state index contributed by atoms with van der Waals surface area (Å²) in [4.78, 5) is 2.45. The Morgan fingerprint density at radius 1 is 1.43 bits per heavy atom. The first-order valence-electron chi connectivity index (χ1n) is 5.79. The number of rotatable bonds is 6. The molecule has 0 radical (unpaired) electrons. The third-order valence-electron chi connectivity index (χ3n) is 3.03. The molecular formula is C11H24N2O. The molecule has 0 spiro atoms. The summed E-state index contributed by atoms with van der Waals surface area (Å²) < 4.78 is 0. The first kappa shape index (κ1) is 12.0. The summed E-state index contributed by atoms with van der Waals surface area (Å²) in [6, 6.07) is 0.809. The summed E-state index contributed by atoms with van der Waals surface area (Å²) in [7, 11) is 2.21. The van der Waals surface area contributed by atoms with Gasteiger partial charge in [-0.2, -0.15) is 0 Å². The van der Waals surface area contributed by atoms with Crippen LogP contribution in [0.2, 0.25) is 0 Å². The first-order chi connectivity index (χ1) is 6.70. The van der Waals surface area contributed by atoms with E-state index in [1.54, 1.807) is 0 Å². The van der Waals surface area contributed by atoms with Crippen molar-refractivity contribution in [3.63, 3.8) is 0 Å². The summed E-state index contributed by atoms with van der Waals surface area (Å²) in [5.41, 5.74) is 0. The molecule has 0 aromatic heterocycles. The minimum absolute atomic E-state index is 0.230. The second kappa shape index (κ2) is 6.38. The van der Waals surface area contributed by atoms with Gasteiger partial charge >= 0.3 is 0 Å². The molecule has 0 aromatic carbocycles. The van der Waals surface area contributed by atoms with Crippen molar-refractivity contribution < 1.29 is 5.11 Å². The smallest absolute Gasteiger partial charge is 0.0636 e. The van der Waals surface area contributed by atoms with Crippen LogP contribution >= 0.6 is 0 Å². The van der Waals surface area contributed by atoms with Gasteiger partial charge in [-0.05, 0) is 26.8 Å². The molecule has 0 unspecified atom stereocenters. The first-order valence-corrected chi connectivity index (χ1v) is 5.79. The third-order valence-corrected chi connectivity index (χ3v) is 3.03. The number of hydrogen-bond donors (Lipinski definition) is 2. The van der Waals surface area contributed by atoms with Crippen molar-refractivity contribution in [3.8, 4) is 0 Å². The highest BCUT2D eigenvalue weighted by Gasteiger charge is 2.18. The molecule has 1 saturated carbocycles. The van der Waals surface area contributed by atoms with Crippen molar-refractivity contribution in [3.05, 3.63) is 0 Å². The van der Waals surface area contributed by atoms with E-state index in [4.69, 9.17) is 5.11 Å². The Bertz CT molecular complexity index is 144. The molecule has 0 heterocycles. The lowest BCUT2D eigenvalue weighted by molar-refractivity contribution is 0.186. The van der Waals surface area contributed by atoms with Crippen LogP contribution in [0.1, 0.15) is 32.6 Å². The minimum atomic E-state index is -0.230. The standard InChI is InChI=1S/C11H24N2O/c1-10(14)9-12-7-8-13(2)11-5-3-4-6-11/h10-12,14H,3-9H2,1-2H3/t10-/m1/s1. The SMILES string of the molecule is C[C@@H](O)CNCCN(C)C1CCCC1. The lowest BCUT2D eigenvalue weighted by atomic mass is 10.2.